The fourth-order valence-electron chi connectivity index (χ4n) is 3.36. The summed E-state index contributed by atoms with van der Waals surface area (Å²) in [7, 11) is -1.42. The molecule has 4 rings (SSSR count). The quantitative estimate of drug-likeness (QED) is 0.489. The Balaban J connectivity index is 1.51. The van der Waals surface area contributed by atoms with Crippen LogP contribution in [-0.2, 0) is 17.4 Å². The van der Waals surface area contributed by atoms with Crippen molar-refractivity contribution in [3.8, 4) is 0 Å². The molecule has 3 aromatic carbocycles. The average molecular weight is 520 g/mol. The predicted octanol–water partition coefficient (Wildman–Crippen LogP) is 5.14. The maximum Gasteiger partial charge on any atom is 0.337 e. The first-order valence-corrected chi connectivity index (χ1v) is 11.5. The zero-order valence-electron chi connectivity index (χ0n) is 16.0. The largest absolute Gasteiger partial charge is 0.478 e. The second kappa shape index (κ2) is 8.82. The maximum atomic E-state index is 13.1. The summed E-state index contributed by atoms with van der Waals surface area (Å²) in [5, 5.41) is 12.6. The lowest BCUT2D eigenvalue weighted by atomic mass is 10.1. The molecule has 0 saturated heterocycles. The molecule has 0 radical (unpaired) electrons. The van der Waals surface area contributed by atoms with E-state index in [1.807, 2.05) is 16.4 Å². The minimum absolute atomic E-state index is 0.0201. The van der Waals surface area contributed by atoms with Crippen molar-refractivity contribution < 1.29 is 18.9 Å². The van der Waals surface area contributed by atoms with Crippen LogP contribution >= 0.6 is 27.5 Å². The molecule has 0 aromatic heterocycles. The summed E-state index contributed by atoms with van der Waals surface area (Å²) in [5.74, 6) is -1.60. The van der Waals surface area contributed by atoms with Crippen molar-refractivity contribution in [1.82, 2.24) is 0 Å². The van der Waals surface area contributed by atoms with Crippen molar-refractivity contribution in [2.45, 2.75) is 11.3 Å². The Bertz CT molecular complexity index is 1220. The van der Waals surface area contributed by atoms with Gasteiger partial charge in [-0.25, -0.2) is 9.00 Å². The Morgan fingerprint density at radius 3 is 2.52 bits per heavy atom. The van der Waals surface area contributed by atoms with Gasteiger partial charge in [0.1, 0.15) is 0 Å². The first kappa shape index (κ1) is 21.5. The highest BCUT2D eigenvalue weighted by Gasteiger charge is 2.25. The highest BCUT2D eigenvalue weighted by Crippen LogP contribution is 2.33. The molecule has 31 heavy (non-hydrogen) atoms. The number of benzene rings is 3. The third-order valence-corrected chi connectivity index (χ3v) is 7.06. The SMILES string of the molecule is O=C(Nc1ccc(Br)cc1C(=O)O)c1ccc(S(=O)N2CCc3cc(Cl)ccc32)cc1. The van der Waals surface area contributed by atoms with E-state index in [9.17, 15) is 18.9 Å². The number of nitrogens with one attached hydrogen (secondary N) is 1. The predicted molar refractivity (Wildman–Crippen MR) is 124 cm³/mol. The van der Waals surface area contributed by atoms with E-state index >= 15 is 0 Å². The van der Waals surface area contributed by atoms with E-state index in [2.05, 4.69) is 21.2 Å². The van der Waals surface area contributed by atoms with Crippen LogP contribution < -0.4 is 9.62 Å². The fourth-order valence-corrected chi connectivity index (χ4v) is 5.15. The van der Waals surface area contributed by atoms with Crippen molar-refractivity contribution in [1.29, 1.82) is 0 Å². The highest BCUT2D eigenvalue weighted by molar-refractivity contribution is 9.10. The van der Waals surface area contributed by atoms with Crippen molar-refractivity contribution in [3.63, 3.8) is 0 Å². The standard InChI is InChI=1S/C22H16BrClN2O4S/c23-15-3-7-19(18(12-15)22(28)29)25-21(27)13-1-5-17(6-2-13)31(30)26-10-9-14-11-16(24)4-8-20(14)26/h1-8,11-12H,9-10H2,(H,25,27)(H,28,29). The molecule has 6 nitrogen and oxygen atoms in total. The molecule has 1 heterocycles. The van der Waals surface area contributed by atoms with E-state index < -0.39 is 22.9 Å². The summed E-state index contributed by atoms with van der Waals surface area (Å²) < 4.78 is 15.5. The molecule has 2 N–H and O–H groups in total. The number of anilines is 2. The number of hydrogen-bond acceptors (Lipinski definition) is 3. The third kappa shape index (κ3) is 4.51. The number of amides is 1. The van der Waals surface area contributed by atoms with Crippen LogP contribution in [0.25, 0.3) is 0 Å². The van der Waals surface area contributed by atoms with Crippen LogP contribution in [0.3, 0.4) is 0 Å². The highest BCUT2D eigenvalue weighted by atomic mass is 79.9. The van der Waals surface area contributed by atoms with Gasteiger partial charge in [0.2, 0.25) is 0 Å². The van der Waals surface area contributed by atoms with Crippen LogP contribution in [0.1, 0.15) is 26.3 Å². The van der Waals surface area contributed by atoms with Crippen molar-refractivity contribution in [3.05, 3.63) is 86.8 Å². The van der Waals surface area contributed by atoms with Gasteiger partial charge in [0.05, 0.1) is 21.8 Å². The fraction of sp³-hybridized carbons (Fsp3) is 0.0909. The molecule has 3 aromatic rings. The number of hydrogen-bond donors (Lipinski definition) is 2. The van der Waals surface area contributed by atoms with Gasteiger partial charge >= 0.3 is 5.97 Å². The summed E-state index contributed by atoms with van der Waals surface area (Å²) in [5.41, 5.74) is 2.45. The lowest BCUT2D eigenvalue weighted by molar-refractivity contribution is 0.0698. The monoisotopic (exact) mass is 518 g/mol. The minimum atomic E-state index is -1.42. The van der Waals surface area contributed by atoms with E-state index in [0.717, 1.165) is 17.7 Å². The summed E-state index contributed by atoms with van der Waals surface area (Å²) in [6.07, 6.45) is 0.765. The van der Waals surface area contributed by atoms with Gasteiger partial charge in [-0.1, -0.05) is 27.5 Å². The van der Waals surface area contributed by atoms with Gasteiger partial charge in [-0.05, 0) is 72.6 Å². The number of carboxylic acid groups (broad SMARTS) is 1. The number of nitrogens with zero attached hydrogens (tertiary/aromatic N) is 1. The van der Waals surface area contributed by atoms with Crippen LogP contribution in [0.5, 0.6) is 0 Å². The van der Waals surface area contributed by atoms with Crippen LogP contribution in [-0.4, -0.2) is 27.7 Å². The molecule has 0 aliphatic carbocycles. The average Bonchev–Trinajstić information content (AvgIpc) is 3.17. The molecule has 1 aliphatic rings. The van der Waals surface area contributed by atoms with E-state index in [-0.39, 0.29) is 11.3 Å². The van der Waals surface area contributed by atoms with Gasteiger partial charge in [-0.3, -0.25) is 9.10 Å². The molecular weight excluding hydrogens is 504 g/mol. The second-order valence-electron chi connectivity index (χ2n) is 6.85. The Morgan fingerprint density at radius 2 is 1.81 bits per heavy atom. The van der Waals surface area contributed by atoms with Gasteiger partial charge in [0.15, 0.2) is 11.0 Å². The number of carbonyl (C=O) groups excluding carboxylic acids is 1. The van der Waals surface area contributed by atoms with Crippen molar-refractivity contribution in [2.24, 2.45) is 0 Å². The zero-order chi connectivity index (χ0) is 22.1. The molecule has 158 valence electrons. The zero-order valence-corrected chi connectivity index (χ0v) is 19.1. The van der Waals surface area contributed by atoms with Gasteiger partial charge < -0.3 is 10.4 Å². The van der Waals surface area contributed by atoms with Crippen LogP contribution in [0.4, 0.5) is 11.4 Å². The Morgan fingerprint density at radius 1 is 1.06 bits per heavy atom. The topological polar surface area (TPSA) is 86.7 Å². The Hall–Kier alpha value is -2.68. The Kier molecular flexibility index (Phi) is 6.13. The molecule has 1 unspecified atom stereocenters. The van der Waals surface area contributed by atoms with Gasteiger partial charge in [-0.2, -0.15) is 0 Å². The summed E-state index contributed by atoms with van der Waals surface area (Å²) in [6.45, 7) is 0.617. The van der Waals surface area contributed by atoms with Gasteiger partial charge in [0, 0.05) is 21.6 Å². The van der Waals surface area contributed by atoms with Gasteiger partial charge in [-0.15, -0.1) is 0 Å². The van der Waals surface area contributed by atoms with Crippen LogP contribution in [0, 0.1) is 0 Å². The molecule has 1 aliphatic heterocycles. The normalized spacial score (nSPS) is 13.5. The molecule has 0 spiro atoms. The molecular formula is C22H16BrClN2O4S. The number of fused-ring (bicyclic) bond motifs is 1. The lowest BCUT2D eigenvalue weighted by Crippen LogP contribution is -2.23. The van der Waals surface area contributed by atoms with E-state index in [0.29, 0.717) is 26.5 Å². The number of rotatable bonds is 5. The Labute approximate surface area is 194 Å². The minimum Gasteiger partial charge on any atom is -0.478 e. The van der Waals surface area contributed by atoms with Gasteiger partial charge in [0.25, 0.3) is 5.91 Å². The maximum absolute atomic E-state index is 13.1. The lowest BCUT2D eigenvalue weighted by Gasteiger charge is -2.18. The molecule has 0 bridgehead atoms. The van der Waals surface area contributed by atoms with E-state index in [4.69, 9.17) is 11.6 Å². The molecule has 1 amide bonds. The van der Waals surface area contributed by atoms with E-state index in [1.54, 1.807) is 36.4 Å². The smallest absolute Gasteiger partial charge is 0.337 e. The van der Waals surface area contributed by atoms with Crippen LogP contribution in [0.2, 0.25) is 5.02 Å². The van der Waals surface area contributed by atoms with Crippen molar-refractivity contribution >= 4 is 61.8 Å². The number of halogens is 2. The van der Waals surface area contributed by atoms with E-state index in [1.165, 1.54) is 12.1 Å². The summed E-state index contributed by atoms with van der Waals surface area (Å²) in [6, 6.07) is 16.5. The first-order valence-electron chi connectivity index (χ1n) is 9.25. The molecule has 9 heteroatoms. The molecule has 0 fully saturated rings. The summed E-state index contributed by atoms with van der Waals surface area (Å²) in [4.78, 5) is 24.6. The number of carbonyl (C=O) groups is 2. The first-order chi connectivity index (χ1) is 14.8. The number of carboxylic acids is 1. The summed E-state index contributed by atoms with van der Waals surface area (Å²) >= 11 is 9.26. The third-order valence-electron chi connectivity index (χ3n) is 4.87. The molecule has 0 saturated carbocycles. The van der Waals surface area contributed by atoms with Crippen molar-refractivity contribution in [2.75, 3.05) is 16.2 Å². The second-order valence-corrected chi connectivity index (χ2v) is 9.61. The van der Waals surface area contributed by atoms with Crippen LogP contribution in [0.15, 0.2) is 70.0 Å². The number of aromatic carboxylic acids is 1. The molecule has 1 atom stereocenters.